The lowest BCUT2D eigenvalue weighted by Crippen LogP contribution is -2.61. The van der Waals surface area contributed by atoms with Crippen LogP contribution in [0.5, 0.6) is 0 Å². The first-order valence-corrected chi connectivity index (χ1v) is 8.64. The van der Waals surface area contributed by atoms with Crippen LogP contribution in [-0.4, -0.2) is 25.5 Å². The lowest BCUT2D eigenvalue weighted by atomic mass is 9.41. The average molecular weight is 309 g/mol. The first-order chi connectivity index (χ1) is 11.7. The summed E-state index contributed by atoms with van der Waals surface area (Å²) in [7, 11) is 2.25. The average Bonchev–Trinajstić information content (AvgIpc) is 2.71. The third kappa shape index (κ3) is 2.32. The van der Waals surface area contributed by atoms with Crippen molar-refractivity contribution in [3.63, 3.8) is 0 Å². The van der Waals surface area contributed by atoms with Crippen LogP contribution in [0.4, 0.5) is 0 Å². The van der Waals surface area contributed by atoms with Gasteiger partial charge in [-0.3, -0.25) is 0 Å². The summed E-state index contributed by atoms with van der Waals surface area (Å²) >= 11 is 0. The van der Waals surface area contributed by atoms with E-state index in [0.717, 1.165) is 0 Å². The van der Waals surface area contributed by atoms with E-state index in [1.807, 2.05) is 0 Å². The van der Waals surface area contributed by atoms with Crippen molar-refractivity contribution in [2.24, 2.45) is 0 Å². The van der Waals surface area contributed by atoms with Gasteiger partial charge in [-0.15, -0.1) is 0 Å². The van der Waals surface area contributed by atoms with Gasteiger partial charge in [0.2, 0.25) is 6.85 Å². The molecular formula is C21H21B2N. The van der Waals surface area contributed by atoms with Gasteiger partial charge in [0, 0.05) is 0 Å². The van der Waals surface area contributed by atoms with Crippen molar-refractivity contribution >= 4 is 30.1 Å². The molecule has 0 bridgehead atoms. The number of hydrogen-bond acceptors (Lipinski definition) is 1. The molecule has 0 atom stereocenters. The van der Waals surface area contributed by atoms with Gasteiger partial charge in [0.1, 0.15) is 0 Å². The molecule has 1 heterocycles. The van der Waals surface area contributed by atoms with Crippen LogP contribution in [-0.2, 0) is 0 Å². The van der Waals surface area contributed by atoms with E-state index in [1.54, 1.807) is 0 Å². The van der Waals surface area contributed by atoms with E-state index in [4.69, 9.17) is 0 Å². The second-order valence-electron chi connectivity index (χ2n) is 6.78. The summed E-state index contributed by atoms with van der Waals surface area (Å²) in [6.45, 7) is 5.16. The fourth-order valence-electron chi connectivity index (χ4n) is 4.03. The minimum Gasteiger partial charge on any atom is -0.375 e. The number of rotatable bonds is 1. The van der Waals surface area contributed by atoms with Gasteiger partial charge in [-0.05, 0) is 25.1 Å². The summed E-state index contributed by atoms with van der Waals surface area (Å²) in [5.74, 6) is 0. The van der Waals surface area contributed by atoms with E-state index >= 15 is 0 Å². The monoisotopic (exact) mass is 309 g/mol. The third-order valence-corrected chi connectivity index (χ3v) is 5.46. The maximum atomic E-state index is 2.51. The van der Waals surface area contributed by atoms with Crippen LogP contribution in [0.15, 0.2) is 72.8 Å². The molecule has 3 aromatic carbocycles. The van der Waals surface area contributed by atoms with Crippen molar-refractivity contribution in [1.29, 1.82) is 0 Å². The zero-order chi connectivity index (χ0) is 16.7. The van der Waals surface area contributed by atoms with Gasteiger partial charge in [0.15, 0.2) is 0 Å². The van der Waals surface area contributed by atoms with Crippen LogP contribution >= 0.6 is 0 Å². The SMILES string of the molecule is CB1c2ccccc2-c2ccccc2B(c2ccccc2C)N1C. The third-order valence-electron chi connectivity index (χ3n) is 5.46. The molecule has 1 nitrogen and oxygen atoms in total. The van der Waals surface area contributed by atoms with Crippen LogP contribution in [0.25, 0.3) is 11.1 Å². The number of benzene rings is 3. The summed E-state index contributed by atoms with van der Waals surface area (Å²) in [5.41, 5.74) is 8.27. The Hall–Kier alpha value is -2.25. The molecule has 0 aromatic heterocycles. The fourth-order valence-corrected chi connectivity index (χ4v) is 4.03. The molecule has 4 rings (SSSR count). The van der Waals surface area contributed by atoms with E-state index < -0.39 is 0 Å². The maximum Gasteiger partial charge on any atom is 0.281 e. The summed E-state index contributed by atoms with van der Waals surface area (Å²) in [5, 5.41) is 0. The maximum absolute atomic E-state index is 2.51. The first-order valence-electron chi connectivity index (χ1n) is 8.64. The minimum atomic E-state index is 0.268. The van der Waals surface area contributed by atoms with Crippen molar-refractivity contribution in [2.75, 3.05) is 7.05 Å². The van der Waals surface area contributed by atoms with Crippen LogP contribution in [0.2, 0.25) is 6.82 Å². The first kappa shape index (κ1) is 15.3. The van der Waals surface area contributed by atoms with Gasteiger partial charge < -0.3 is 4.72 Å². The number of aryl methyl sites for hydroxylation is 1. The normalized spacial score (nSPS) is 14.1. The summed E-state index contributed by atoms with van der Waals surface area (Å²) in [6.07, 6.45) is 0. The Labute approximate surface area is 145 Å². The standard InChI is InChI=1S/C21H21B2N/c1-16-10-4-7-13-19(16)23-21-15-9-6-12-18(21)17-11-5-8-14-20(17)22(2)24(23)3/h4-15H,1-3H3. The van der Waals surface area contributed by atoms with Crippen molar-refractivity contribution in [2.45, 2.75) is 13.7 Å². The van der Waals surface area contributed by atoms with Crippen molar-refractivity contribution in [3.8, 4) is 11.1 Å². The van der Waals surface area contributed by atoms with Crippen LogP contribution < -0.4 is 16.4 Å². The number of nitrogens with zero attached hydrogens (tertiary/aromatic N) is 1. The van der Waals surface area contributed by atoms with E-state index in [0.29, 0.717) is 6.85 Å². The molecule has 0 amide bonds. The molecule has 3 aromatic rings. The quantitative estimate of drug-likeness (QED) is 0.625. The topological polar surface area (TPSA) is 3.24 Å². The predicted octanol–water partition coefficient (Wildman–Crippen LogP) is 2.54. The molecule has 0 spiro atoms. The van der Waals surface area contributed by atoms with Gasteiger partial charge in [-0.25, -0.2) is 0 Å². The molecule has 1 aliphatic heterocycles. The lowest BCUT2D eigenvalue weighted by Gasteiger charge is -2.29. The summed E-state index contributed by atoms with van der Waals surface area (Å²) in [4.78, 5) is 0. The zero-order valence-corrected chi connectivity index (χ0v) is 14.5. The molecule has 24 heavy (non-hydrogen) atoms. The van der Waals surface area contributed by atoms with Crippen LogP contribution in [0.3, 0.4) is 0 Å². The molecule has 1 aliphatic rings. The molecule has 3 heteroatoms. The highest BCUT2D eigenvalue weighted by molar-refractivity contribution is 6.94. The lowest BCUT2D eigenvalue weighted by molar-refractivity contribution is 0.831. The molecule has 0 saturated carbocycles. The fraction of sp³-hybridized carbons (Fsp3) is 0.143. The highest BCUT2D eigenvalue weighted by Gasteiger charge is 2.36. The van der Waals surface area contributed by atoms with Gasteiger partial charge >= 0.3 is 0 Å². The molecule has 0 fully saturated rings. The second kappa shape index (κ2) is 5.99. The number of hydrogen-bond donors (Lipinski definition) is 0. The minimum absolute atomic E-state index is 0.268. The van der Waals surface area contributed by atoms with Gasteiger partial charge in [0.05, 0.1) is 0 Å². The molecule has 0 unspecified atom stereocenters. The molecule has 0 saturated heterocycles. The second-order valence-corrected chi connectivity index (χ2v) is 6.78. The summed E-state index contributed by atoms with van der Waals surface area (Å²) in [6, 6.07) is 26.5. The Morgan fingerprint density at radius 2 is 1.17 bits per heavy atom. The van der Waals surface area contributed by atoms with Crippen LogP contribution in [0, 0.1) is 6.92 Å². The highest BCUT2D eigenvalue weighted by Crippen LogP contribution is 2.21. The van der Waals surface area contributed by atoms with Gasteiger partial charge in [-0.1, -0.05) is 102 Å². The zero-order valence-electron chi connectivity index (χ0n) is 14.5. The Kier molecular flexibility index (Phi) is 3.82. The van der Waals surface area contributed by atoms with E-state index in [1.165, 1.54) is 33.1 Å². The van der Waals surface area contributed by atoms with E-state index in [2.05, 4.69) is 98.3 Å². The largest absolute Gasteiger partial charge is 0.375 e. The predicted molar refractivity (Wildman–Crippen MR) is 107 cm³/mol. The molecular weight excluding hydrogens is 288 g/mol. The molecule has 0 N–H and O–H groups in total. The van der Waals surface area contributed by atoms with Crippen molar-refractivity contribution in [1.82, 2.24) is 4.72 Å². The Morgan fingerprint density at radius 1 is 0.667 bits per heavy atom. The molecule has 0 aliphatic carbocycles. The summed E-state index contributed by atoms with van der Waals surface area (Å²) < 4.78 is 2.51. The van der Waals surface area contributed by atoms with Crippen molar-refractivity contribution in [3.05, 3.63) is 78.4 Å². The molecule has 116 valence electrons. The van der Waals surface area contributed by atoms with E-state index in [9.17, 15) is 0 Å². The Balaban J connectivity index is 2.02. The van der Waals surface area contributed by atoms with Gasteiger partial charge in [0.25, 0.3) is 6.85 Å². The highest BCUT2D eigenvalue weighted by atomic mass is 15.0. The van der Waals surface area contributed by atoms with Crippen LogP contribution in [0.1, 0.15) is 5.56 Å². The van der Waals surface area contributed by atoms with Crippen molar-refractivity contribution < 1.29 is 0 Å². The molecule has 0 radical (unpaired) electrons. The van der Waals surface area contributed by atoms with E-state index in [-0.39, 0.29) is 6.85 Å². The van der Waals surface area contributed by atoms with Gasteiger partial charge in [-0.2, -0.15) is 0 Å². The number of fused-ring (bicyclic) bond motifs is 3. The smallest absolute Gasteiger partial charge is 0.281 e. The Morgan fingerprint density at radius 3 is 1.83 bits per heavy atom. The Bertz CT molecular complexity index is 890.